The minimum absolute atomic E-state index is 0.207. The van der Waals surface area contributed by atoms with Crippen LogP contribution in [0.15, 0.2) is 10.8 Å². The Bertz CT molecular complexity index is 627. The summed E-state index contributed by atoms with van der Waals surface area (Å²) in [5.74, 6) is 0.735. The second kappa shape index (κ2) is 4.12. The summed E-state index contributed by atoms with van der Waals surface area (Å²) in [7, 11) is 0. The molecule has 0 unspecified atom stereocenters. The summed E-state index contributed by atoms with van der Waals surface area (Å²) in [6, 6.07) is 0. The Morgan fingerprint density at radius 2 is 2.05 bits per heavy atom. The van der Waals surface area contributed by atoms with E-state index in [-0.39, 0.29) is 5.91 Å². The van der Waals surface area contributed by atoms with E-state index in [2.05, 4.69) is 20.7 Å². The Kier molecular flexibility index (Phi) is 2.41. The maximum Gasteiger partial charge on any atom is 0.262 e. The minimum Gasteiger partial charge on any atom is -0.364 e. The predicted molar refractivity (Wildman–Crippen MR) is 68.3 cm³/mol. The van der Waals surface area contributed by atoms with E-state index < -0.39 is 0 Å². The van der Waals surface area contributed by atoms with Crippen molar-refractivity contribution in [3.63, 3.8) is 0 Å². The number of carbonyl (C=O) groups is 1. The minimum atomic E-state index is -0.207. The van der Waals surface area contributed by atoms with Gasteiger partial charge in [-0.2, -0.15) is 0 Å². The Labute approximate surface area is 113 Å². The van der Waals surface area contributed by atoms with Gasteiger partial charge in [-0.1, -0.05) is 16.5 Å². The summed E-state index contributed by atoms with van der Waals surface area (Å²) in [4.78, 5) is 12.2. The standard InChI is InChI=1S/C12H12N4O2S/c17-10(8-5-18-16-9(8)6-1-2-6)13-12-15-14-11(19-12)7-3-4-7/h5-7H,1-4H2,(H,13,15,17). The number of hydrogen-bond donors (Lipinski definition) is 1. The van der Waals surface area contributed by atoms with Crippen molar-refractivity contribution in [3.8, 4) is 0 Å². The molecule has 2 fully saturated rings. The van der Waals surface area contributed by atoms with Crippen molar-refractivity contribution in [2.75, 3.05) is 5.32 Å². The van der Waals surface area contributed by atoms with Crippen molar-refractivity contribution in [1.29, 1.82) is 0 Å². The van der Waals surface area contributed by atoms with E-state index in [9.17, 15) is 4.79 Å². The zero-order chi connectivity index (χ0) is 12.8. The molecule has 2 aromatic rings. The average molecular weight is 276 g/mol. The van der Waals surface area contributed by atoms with E-state index in [0.29, 0.717) is 22.5 Å². The molecule has 4 rings (SSSR count). The average Bonchev–Trinajstić information content (AvgIpc) is 3.34. The zero-order valence-corrected chi connectivity index (χ0v) is 10.9. The first-order valence-electron chi connectivity index (χ1n) is 6.40. The van der Waals surface area contributed by atoms with Crippen LogP contribution in [0.25, 0.3) is 0 Å². The van der Waals surface area contributed by atoms with E-state index in [4.69, 9.17) is 4.52 Å². The lowest BCUT2D eigenvalue weighted by molar-refractivity contribution is 0.102. The highest BCUT2D eigenvalue weighted by Gasteiger charge is 2.32. The van der Waals surface area contributed by atoms with Crippen LogP contribution in [-0.4, -0.2) is 21.3 Å². The van der Waals surface area contributed by atoms with Gasteiger partial charge in [0.05, 0.1) is 5.69 Å². The summed E-state index contributed by atoms with van der Waals surface area (Å²) >= 11 is 1.45. The fraction of sp³-hybridized carbons (Fsp3) is 0.500. The van der Waals surface area contributed by atoms with Crippen LogP contribution >= 0.6 is 11.3 Å². The molecule has 0 radical (unpaired) electrons. The predicted octanol–water partition coefficient (Wildman–Crippen LogP) is 2.53. The highest BCUT2D eigenvalue weighted by atomic mass is 32.1. The smallest absolute Gasteiger partial charge is 0.262 e. The van der Waals surface area contributed by atoms with E-state index in [0.717, 1.165) is 23.5 Å². The van der Waals surface area contributed by atoms with Crippen molar-refractivity contribution in [3.05, 3.63) is 22.5 Å². The molecule has 2 aliphatic rings. The van der Waals surface area contributed by atoms with Gasteiger partial charge in [0.25, 0.3) is 5.91 Å². The molecule has 2 heterocycles. The number of aromatic nitrogens is 3. The number of nitrogens with zero attached hydrogens (tertiary/aromatic N) is 3. The molecule has 0 spiro atoms. The molecular formula is C12H12N4O2S. The van der Waals surface area contributed by atoms with Crippen molar-refractivity contribution in [1.82, 2.24) is 15.4 Å². The Balaban J connectivity index is 1.51. The van der Waals surface area contributed by atoms with Gasteiger partial charge in [-0.05, 0) is 25.7 Å². The molecule has 1 N–H and O–H groups in total. The number of anilines is 1. The molecule has 2 aromatic heterocycles. The van der Waals surface area contributed by atoms with Crippen LogP contribution in [0.2, 0.25) is 0 Å². The van der Waals surface area contributed by atoms with Crippen LogP contribution in [-0.2, 0) is 0 Å². The normalized spacial score (nSPS) is 18.5. The molecule has 2 aliphatic carbocycles. The third-order valence-electron chi connectivity index (χ3n) is 3.39. The summed E-state index contributed by atoms with van der Waals surface area (Å²) in [5.41, 5.74) is 1.29. The molecule has 0 aromatic carbocycles. The third kappa shape index (κ3) is 2.14. The molecule has 1 amide bonds. The van der Waals surface area contributed by atoms with Gasteiger partial charge < -0.3 is 4.52 Å². The highest BCUT2D eigenvalue weighted by Crippen LogP contribution is 2.42. The van der Waals surface area contributed by atoms with Crippen LogP contribution in [0.1, 0.15) is 58.6 Å². The van der Waals surface area contributed by atoms with Crippen LogP contribution in [0, 0.1) is 0 Å². The number of hydrogen-bond acceptors (Lipinski definition) is 6. The molecule has 0 bridgehead atoms. The number of amides is 1. The summed E-state index contributed by atoms with van der Waals surface area (Å²) in [6.45, 7) is 0. The lowest BCUT2D eigenvalue weighted by Crippen LogP contribution is -2.12. The quantitative estimate of drug-likeness (QED) is 0.928. The molecule has 0 atom stereocenters. The van der Waals surface area contributed by atoms with Gasteiger partial charge in [-0.3, -0.25) is 10.1 Å². The molecule has 6 nitrogen and oxygen atoms in total. The van der Waals surface area contributed by atoms with Crippen LogP contribution < -0.4 is 5.32 Å². The van der Waals surface area contributed by atoms with Crippen molar-refractivity contribution < 1.29 is 9.32 Å². The Hall–Kier alpha value is -1.76. The fourth-order valence-electron chi connectivity index (χ4n) is 2.01. The first-order chi connectivity index (χ1) is 9.31. The van der Waals surface area contributed by atoms with Gasteiger partial charge >= 0.3 is 0 Å². The largest absolute Gasteiger partial charge is 0.364 e. The second-order valence-corrected chi connectivity index (χ2v) is 6.07. The molecule has 2 saturated carbocycles. The lowest BCUT2D eigenvalue weighted by atomic mass is 10.2. The van der Waals surface area contributed by atoms with E-state index >= 15 is 0 Å². The van der Waals surface area contributed by atoms with E-state index in [1.165, 1.54) is 30.4 Å². The summed E-state index contributed by atoms with van der Waals surface area (Å²) in [6.07, 6.45) is 5.93. The molecule has 7 heteroatoms. The second-order valence-electron chi connectivity index (χ2n) is 5.06. The van der Waals surface area contributed by atoms with Gasteiger partial charge in [0.2, 0.25) is 5.13 Å². The van der Waals surface area contributed by atoms with E-state index in [1.807, 2.05) is 0 Å². The number of rotatable bonds is 4. The Morgan fingerprint density at radius 1 is 1.26 bits per heavy atom. The lowest BCUT2D eigenvalue weighted by Gasteiger charge is -1.99. The molecule has 98 valence electrons. The maximum absolute atomic E-state index is 12.2. The van der Waals surface area contributed by atoms with Crippen LogP contribution in [0.4, 0.5) is 5.13 Å². The van der Waals surface area contributed by atoms with Crippen molar-refractivity contribution >= 4 is 22.4 Å². The first-order valence-corrected chi connectivity index (χ1v) is 7.22. The SMILES string of the molecule is O=C(Nc1nnc(C2CC2)s1)c1conc1C1CC1. The topological polar surface area (TPSA) is 80.9 Å². The van der Waals surface area contributed by atoms with Crippen molar-refractivity contribution in [2.45, 2.75) is 37.5 Å². The molecular weight excluding hydrogens is 264 g/mol. The first kappa shape index (κ1) is 11.1. The number of nitrogens with one attached hydrogen (secondary N) is 1. The van der Waals surface area contributed by atoms with Crippen molar-refractivity contribution in [2.24, 2.45) is 0 Å². The zero-order valence-electron chi connectivity index (χ0n) is 10.1. The van der Waals surface area contributed by atoms with Gasteiger partial charge in [-0.25, -0.2) is 0 Å². The fourth-order valence-corrected chi connectivity index (χ4v) is 2.92. The highest BCUT2D eigenvalue weighted by molar-refractivity contribution is 7.15. The van der Waals surface area contributed by atoms with Gasteiger partial charge in [0.15, 0.2) is 0 Å². The van der Waals surface area contributed by atoms with Gasteiger partial charge in [0, 0.05) is 11.8 Å². The third-order valence-corrected chi connectivity index (χ3v) is 4.40. The monoisotopic (exact) mass is 276 g/mol. The number of carbonyl (C=O) groups excluding carboxylic acids is 1. The maximum atomic E-state index is 12.2. The van der Waals surface area contributed by atoms with Crippen LogP contribution in [0.3, 0.4) is 0 Å². The van der Waals surface area contributed by atoms with Crippen LogP contribution in [0.5, 0.6) is 0 Å². The van der Waals surface area contributed by atoms with Gasteiger partial charge in [0.1, 0.15) is 16.8 Å². The summed E-state index contributed by atoms with van der Waals surface area (Å²) in [5, 5.41) is 16.4. The Morgan fingerprint density at radius 3 is 2.79 bits per heavy atom. The molecule has 19 heavy (non-hydrogen) atoms. The molecule has 0 aliphatic heterocycles. The summed E-state index contributed by atoms with van der Waals surface area (Å²) < 4.78 is 4.92. The molecule has 0 saturated heterocycles. The van der Waals surface area contributed by atoms with E-state index in [1.54, 1.807) is 0 Å². The van der Waals surface area contributed by atoms with Gasteiger partial charge in [-0.15, -0.1) is 10.2 Å².